The Morgan fingerprint density at radius 2 is 2.16 bits per heavy atom. The molecule has 3 aromatic rings. The maximum atomic E-state index is 5.92. The summed E-state index contributed by atoms with van der Waals surface area (Å²) in [5, 5.41) is 2.49. The Labute approximate surface area is 147 Å². The summed E-state index contributed by atoms with van der Waals surface area (Å²) in [4.78, 5) is 10.1. The van der Waals surface area contributed by atoms with Gasteiger partial charge in [0.05, 0.1) is 13.7 Å². The molecular formula is C20H23N3O2. The normalized spacial score (nSPS) is 18.6. The summed E-state index contributed by atoms with van der Waals surface area (Å²) in [6.45, 7) is 5.28. The Kier molecular flexibility index (Phi) is 4.42. The zero-order valence-corrected chi connectivity index (χ0v) is 14.7. The summed E-state index contributed by atoms with van der Waals surface area (Å²) in [6.07, 6.45) is 1.84. The maximum Gasteiger partial charge on any atom is 0.136 e. The van der Waals surface area contributed by atoms with Gasteiger partial charge >= 0.3 is 0 Å². The minimum atomic E-state index is -0.0107. The van der Waals surface area contributed by atoms with Gasteiger partial charge in [0.1, 0.15) is 17.7 Å². The molecule has 5 nitrogen and oxygen atoms in total. The molecule has 5 heteroatoms. The van der Waals surface area contributed by atoms with Crippen LogP contribution in [-0.4, -0.2) is 41.7 Å². The van der Waals surface area contributed by atoms with E-state index in [1.54, 1.807) is 7.11 Å². The lowest BCUT2D eigenvalue weighted by Gasteiger charge is -2.32. The Morgan fingerprint density at radius 1 is 1.28 bits per heavy atom. The second kappa shape index (κ2) is 6.86. The molecule has 1 fully saturated rings. The summed E-state index contributed by atoms with van der Waals surface area (Å²) in [5.74, 6) is 1.85. The molecule has 0 amide bonds. The molecular weight excluding hydrogens is 314 g/mol. The summed E-state index contributed by atoms with van der Waals surface area (Å²) in [7, 11) is 1.74. The molecule has 1 aliphatic heterocycles. The van der Waals surface area contributed by atoms with Gasteiger partial charge in [-0.1, -0.05) is 30.3 Å². The van der Waals surface area contributed by atoms with Gasteiger partial charge in [0.25, 0.3) is 0 Å². The van der Waals surface area contributed by atoms with Crippen molar-refractivity contribution in [3.63, 3.8) is 0 Å². The Balaban J connectivity index is 1.60. The largest absolute Gasteiger partial charge is 0.496 e. The topological polar surface area (TPSA) is 50.4 Å². The first kappa shape index (κ1) is 16.1. The summed E-state index contributed by atoms with van der Waals surface area (Å²) in [5.41, 5.74) is 2.29. The molecule has 0 aliphatic carbocycles. The summed E-state index contributed by atoms with van der Waals surface area (Å²) >= 11 is 0. The highest BCUT2D eigenvalue weighted by Gasteiger charge is 2.25. The van der Waals surface area contributed by atoms with Crippen LogP contribution in [0.2, 0.25) is 0 Å². The molecule has 0 bridgehead atoms. The molecule has 130 valence electrons. The molecule has 2 heterocycles. The van der Waals surface area contributed by atoms with E-state index in [-0.39, 0.29) is 6.10 Å². The van der Waals surface area contributed by atoms with Crippen molar-refractivity contribution < 1.29 is 9.47 Å². The molecule has 1 aromatic heterocycles. The first-order valence-electron chi connectivity index (χ1n) is 8.64. The van der Waals surface area contributed by atoms with Crippen LogP contribution in [0.1, 0.15) is 23.2 Å². The van der Waals surface area contributed by atoms with E-state index >= 15 is 0 Å². The van der Waals surface area contributed by atoms with Gasteiger partial charge in [0, 0.05) is 37.1 Å². The predicted molar refractivity (Wildman–Crippen MR) is 97.8 cm³/mol. The molecule has 1 unspecified atom stereocenters. The first-order chi connectivity index (χ1) is 12.2. The zero-order chi connectivity index (χ0) is 17.2. The van der Waals surface area contributed by atoms with E-state index in [0.29, 0.717) is 6.61 Å². The molecule has 1 aliphatic rings. The Hall–Kier alpha value is -2.37. The number of H-pyrrole nitrogens is 1. The number of fused-ring (bicyclic) bond motifs is 1. The second-order valence-electron chi connectivity index (χ2n) is 6.51. The number of hydrogen-bond acceptors (Lipinski definition) is 4. The summed E-state index contributed by atoms with van der Waals surface area (Å²) in [6, 6.07) is 12.6. The third-order valence-corrected chi connectivity index (χ3v) is 4.78. The minimum Gasteiger partial charge on any atom is -0.496 e. The lowest BCUT2D eigenvalue weighted by Crippen LogP contribution is -2.38. The van der Waals surface area contributed by atoms with Crippen molar-refractivity contribution in [2.45, 2.75) is 19.6 Å². The van der Waals surface area contributed by atoms with Crippen LogP contribution in [0.25, 0.3) is 10.8 Å². The van der Waals surface area contributed by atoms with Gasteiger partial charge in [-0.3, -0.25) is 4.90 Å². The lowest BCUT2D eigenvalue weighted by molar-refractivity contribution is -0.0369. The van der Waals surface area contributed by atoms with Crippen LogP contribution in [0.4, 0.5) is 0 Å². The molecule has 1 saturated heterocycles. The van der Waals surface area contributed by atoms with Crippen molar-refractivity contribution in [3.05, 3.63) is 59.7 Å². The number of methoxy groups -OCH3 is 1. The van der Waals surface area contributed by atoms with Crippen LogP contribution in [0, 0.1) is 6.92 Å². The van der Waals surface area contributed by atoms with Gasteiger partial charge in [-0.15, -0.1) is 0 Å². The second-order valence-corrected chi connectivity index (χ2v) is 6.51. The maximum absolute atomic E-state index is 5.92. The minimum absolute atomic E-state index is 0.0107. The number of imidazole rings is 1. The van der Waals surface area contributed by atoms with Crippen LogP contribution in [0.15, 0.2) is 42.6 Å². The molecule has 4 rings (SSSR count). The van der Waals surface area contributed by atoms with Crippen LogP contribution >= 0.6 is 0 Å². The van der Waals surface area contributed by atoms with Gasteiger partial charge in [-0.2, -0.15) is 0 Å². The number of benzene rings is 2. The van der Waals surface area contributed by atoms with Crippen LogP contribution in [0.5, 0.6) is 5.75 Å². The fraction of sp³-hybridized carbons (Fsp3) is 0.350. The molecule has 25 heavy (non-hydrogen) atoms. The number of rotatable bonds is 4. The SMILES string of the molecule is COc1ccc2ccccc2c1CN1CCOC(c2ncc(C)[nH]2)C1. The number of aromatic amines is 1. The lowest BCUT2D eigenvalue weighted by atomic mass is 10.0. The third kappa shape index (κ3) is 3.25. The van der Waals surface area contributed by atoms with Gasteiger partial charge in [-0.05, 0) is 23.8 Å². The van der Waals surface area contributed by atoms with Gasteiger partial charge in [-0.25, -0.2) is 4.98 Å². The average molecular weight is 337 g/mol. The van der Waals surface area contributed by atoms with E-state index in [2.05, 4.69) is 51.3 Å². The van der Waals surface area contributed by atoms with Crippen molar-refractivity contribution in [2.75, 3.05) is 26.8 Å². The molecule has 0 radical (unpaired) electrons. The highest BCUT2D eigenvalue weighted by molar-refractivity contribution is 5.87. The van der Waals surface area contributed by atoms with E-state index in [9.17, 15) is 0 Å². The van der Waals surface area contributed by atoms with Gasteiger partial charge in [0.15, 0.2) is 0 Å². The molecule has 1 atom stereocenters. The van der Waals surface area contributed by atoms with E-state index in [0.717, 1.165) is 36.9 Å². The fourth-order valence-electron chi connectivity index (χ4n) is 3.50. The molecule has 1 N–H and O–H groups in total. The van der Waals surface area contributed by atoms with E-state index in [1.807, 2.05) is 13.1 Å². The van der Waals surface area contributed by atoms with E-state index in [4.69, 9.17) is 9.47 Å². The van der Waals surface area contributed by atoms with Crippen molar-refractivity contribution in [1.29, 1.82) is 0 Å². The standard InChI is InChI=1S/C20H23N3O2/c1-14-11-21-20(22-14)19-13-23(9-10-25-19)12-17-16-6-4-3-5-15(16)7-8-18(17)24-2/h3-8,11,19H,9-10,12-13H2,1-2H3,(H,21,22). The number of ether oxygens (including phenoxy) is 2. The van der Waals surface area contributed by atoms with Crippen molar-refractivity contribution in [3.8, 4) is 5.75 Å². The van der Waals surface area contributed by atoms with Gasteiger partial charge < -0.3 is 14.5 Å². The Bertz CT molecular complexity index is 874. The van der Waals surface area contributed by atoms with Crippen molar-refractivity contribution >= 4 is 10.8 Å². The molecule has 2 aromatic carbocycles. The van der Waals surface area contributed by atoms with Gasteiger partial charge in [0.2, 0.25) is 0 Å². The van der Waals surface area contributed by atoms with Crippen molar-refractivity contribution in [2.24, 2.45) is 0 Å². The highest BCUT2D eigenvalue weighted by Crippen LogP contribution is 2.30. The van der Waals surface area contributed by atoms with E-state index in [1.165, 1.54) is 16.3 Å². The average Bonchev–Trinajstić information content (AvgIpc) is 3.09. The smallest absolute Gasteiger partial charge is 0.136 e. The number of aryl methyl sites for hydroxylation is 1. The fourth-order valence-corrected chi connectivity index (χ4v) is 3.50. The van der Waals surface area contributed by atoms with Crippen molar-refractivity contribution in [1.82, 2.24) is 14.9 Å². The number of aromatic nitrogens is 2. The quantitative estimate of drug-likeness (QED) is 0.792. The number of hydrogen-bond donors (Lipinski definition) is 1. The Morgan fingerprint density at radius 3 is 2.96 bits per heavy atom. The number of morpholine rings is 1. The first-order valence-corrected chi connectivity index (χ1v) is 8.64. The zero-order valence-electron chi connectivity index (χ0n) is 14.7. The van der Waals surface area contributed by atoms with E-state index < -0.39 is 0 Å². The summed E-state index contributed by atoms with van der Waals surface area (Å²) < 4.78 is 11.6. The predicted octanol–water partition coefficient (Wildman–Crippen LogP) is 3.45. The molecule has 0 spiro atoms. The van der Waals surface area contributed by atoms with Crippen LogP contribution in [0.3, 0.4) is 0 Å². The molecule has 0 saturated carbocycles. The van der Waals surface area contributed by atoms with Crippen LogP contribution < -0.4 is 4.74 Å². The number of nitrogens with one attached hydrogen (secondary N) is 1. The van der Waals surface area contributed by atoms with Crippen LogP contribution in [-0.2, 0) is 11.3 Å². The monoisotopic (exact) mass is 337 g/mol. The highest BCUT2D eigenvalue weighted by atomic mass is 16.5. The third-order valence-electron chi connectivity index (χ3n) is 4.78. The number of nitrogens with zero attached hydrogens (tertiary/aromatic N) is 2.